The summed E-state index contributed by atoms with van der Waals surface area (Å²) in [6, 6.07) is 8.27. The molecule has 1 aromatic rings. The van der Waals surface area contributed by atoms with Gasteiger partial charge in [-0.2, -0.15) is 0 Å². The summed E-state index contributed by atoms with van der Waals surface area (Å²) in [6.07, 6.45) is -2.14. The molecule has 0 amide bonds. The number of methoxy groups -OCH3 is 1. The highest BCUT2D eigenvalue weighted by Gasteiger charge is 2.60. The Balaban J connectivity index is 1.43. The molecule has 4 rings (SSSR count). The van der Waals surface area contributed by atoms with Crippen molar-refractivity contribution in [1.82, 2.24) is 0 Å². The Morgan fingerprint density at radius 2 is 1.87 bits per heavy atom. The summed E-state index contributed by atoms with van der Waals surface area (Å²) in [7, 11) is -1.91. The lowest BCUT2D eigenvalue weighted by atomic mass is 10.0. The van der Waals surface area contributed by atoms with Crippen LogP contribution in [0.5, 0.6) is 0 Å². The Hall–Kier alpha value is -1.03. The molecule has 6 atom stereocenters. The summed E-state index contributed by atoms with van der Waals surface area (Å²) in [5, 5.41) is 0. The third-order valence-electron chi connectivity index (χ3n) is 4.27. The third kappa shape index (κ3) is 2.90. The molecule has 0 saturated carbocycles. The van der Waals surface area contributed by atoms with E-state index in [9.17, 15) is 8.42 Å². The summed E-state index contributed by atoms with van der Waals surface area (Å²) < 4.78 is 52.6. The zero-order chi connectivity index (χ0) is 16.0. The monoisotopic (exact) mass is 342 g/mol. The molecule has 0 unspecified atom stereocenters. The number of sulfone groups is 1. The van der Waals surface area contributed by atoms with Crippen molar-refractivity contribution in [2.75, 3.05) is 19.5 Å². The molecule has 23 heavy (non-hydrogen) atoms. The van der Waals surface area contributed by atoms with E-state index in [2.05, 4.69) is 0 Å². The quantitative estimate of drug-likeness (QED) is 0.730. The van der Waals surface area contributed by atoms with Crippen LogP contribution in [0.4, 0.5) is 0 Å². The van der Waals surface area contributed by atoms with Crippen molar-refractivity contribution in [2.45, 2.75) is 41.9 Å². The average molecular weight is 342 g/mol. The Morgan fingerprint density at radius 3 is 2.61 bits per heavy atom. The Bertz CT molecular complexity index is 662. The molecule has 0 N–H and O–H groups in total. The van der Waals surface area contributed by atoms with Crippen molar-refractivity contribution >= 4 is 9.84 Å². The van der Waals surface area contributed by atoms with Crippen LogP contribution in [0.25, 0.3) is 0 Å². The molecule has 0 bridgehead atoms. The van der Waals surface area contributed by atoms with Gasteiger partial charge in [-0.3, -0.25) is 0 Å². The van der Waals surface area contributed by atoms with Crippen LogP contribution in [0.15, 0.2) is 35.2 Å². The highest BCUT2D eigenvalue weighted by Crippen LogP contribution is 2.41. The van der Waals surface area contributed by atoms with Gasteiger partial charge >= 0.3 is 0 Å². The minimum absolute atomic E-state index is 0.121. The lowest BCUT2D eigenvalue weighted by Crippen LogP contribution is -2.55. The SMILES string of the molecule is CO[C@H]1O[C@@H]2CO[C@@H](CS(=O)(=O)c3ccccc3)O[C@H]2[C@H]2O[C@@H]12. The maximum absolute atomic E-state index is 12.4. The van der Waals surface area contributed by atoms with E-state index in [1.54, 1.807) is 37.4 Å². The van der Waals surface area contributed by atoms with Gasteiger partial charge < -0.3 is 23.7 Å². The van der Waals surface area contributed by atoms with Crippen molar-refractivity contribution in [2.24, 2.45) is 0 Å². The predicted octanol–water partition coefficient (Wildman–Crippen LogP) is 0.340. The van der Waals surface area contributed by atoms with Crippen molar-refractivity contribution in [3.05, 3.63) is 30.3 Å². The van der Waals surface area contributed by atoms with Crippen LogP contribution in [0.2, 0.25) is 0 Å². The molecule has 126 valence electrons. The van der Waals surface area contributed by atoms with Gasteiger partial charge in [-0.05, 0) is 12.1 Å². The molecule has 7 nitrogen and oxygen atoms in total. The molecule has 1 aromatic carbocycles. The maximum Gasteiger partial charge on any atom is 0.186 e. The number of fused-ring (bicyclic) bond motifs is 3. The largest absolute Gasteiger partial charge is 0.361 e. The Labute approximate surface area is 134 Å². The van der Waals surface area contributed by atoms with E-state index in [1.165, 1.54) is 0 Å². The number of hydrogen-bond donors (Lipinski definition) is 0. The first kappa shape index (κ1) is 15.5. The molecule has 0 radical (unpaired) electrons. The second kappa shape index (κ2) is 5.80. The van der Waals surface area contributed by atoms with E-state index in [0.717, 1.165) is 0 Å². The number of benzene rings is 1. The third-order valence-corrected chi connectivity index (χ3v) is 5.98. The van der Waals surface area contributed by atoms with E-state index in [-0.39, 0.29) is 41.7 Å². The molecule has 0 spiro atoms. The van der Waals surface area contributed by atoms with E-state index in [1.807, 2.05) is 0 Å². The van der Waals surface area contributed by atoms with Gasteiger partial charge in [-0.1, -0.05) is 18.2 Å². The van der Waals surface area contributed by atoms with Gasteiger partial charge in [-0.15, -0.1) is 0 Å². The molecular weight excluding hydrogens is 324 g/mol. The van der Waals surface area contributed by atoms with E-state index >= 15 is 0 Å². The van der Waals surface area contributed by atoms with E-state index < -0.39 is 22.4 Å². The average Bonchev–Trinajstić information content (AvgIpc) is 3.36. The van der Waals surface area contributed by atoms with Gasteiger partial charge in [0.1, 0.15) is 30.2 Å². The van der Waals surface area contributed by atoms with Gasteiger partial charge in [0.05, 0.1) is 11.5 Å². The lowest BCUT2D eigenvalue weighted by molar-refractivity contribution is -0.294. The number of hydrogen-bond acceptors (Lipinski definition) is 7. The first-order valence-electron chi connectivity index (χ1n) is 7.47. The minimum Gasteiger partial charge on any atom is -0.361 e. The highest BCUT2D eigenvalue weighted by atomic mass is 32.2. The normalized spacial score (nSPS) is 39.3. The first-order valence-corrected chi connectivity index (χ1v) is 9.12. The van der Waals surface area contributed by atoms with Crippen LogP contribution in [-0.4, -0.2) is 64.9 Å². The van der Waals surface area contributed by atoms with Crippen LogP contribution in [0.1, 0.15) is 0 Å². The van der Waals surface area contributed by atoms with Gasteiger partial charge in [0.25, 0.3) is 0 Å². The van der Waals surface area contributed by atoms with Crippen LogP contribution in [-0.2, 0) is 33.5 Å². The van der Waals surface area contributed by atoms with Crippen LogP contribution < -0.4 is 0 Å². The molecule has 0 aliphatic carbocycles. The van der Waals surface area contributed by atoms with Crippen molar-refractivity contribution in [1.29, 1.82) is 0 Å². The maximum atomic E-state index is 12.4. The number of epoxide rings is 1. The van der Waals surface area contributed by atoms with Gasteiger partial charge in [0, 0.05) is 7.11 Å². The molecule has 0 aromatic heterocycles. The van der Waals surface area contributed by atoms with Crippen LogP contribution in [0.3, 0.4) is 0 Å². The summed E-state index contributed by atoms with van der Waals surface area (Å²) in [4.78, 5) is 0.259. The fourth-order valence-electron chi connectivity index (χ4n) is 3.05. The number of rotatable bonds is 4. The smallest absolute Gasteiger partial charge is 0.186 e. The summed E-state index contributed by atoms with van der Waals surface area (Å²) in [5.41, 5.74) is 0. The predicted molar refractivity (Wildman–Crippen MR) is 77.4 cm³/mol. The standard InChI is InChI=1S/C15H18O7S/c1-18-15-14-13(22-14)12-10(20-15)7-19-11(21-12)8-23(16,17)9-5-3-2-4-6-9/h2-6,10-15H,7-8H2,1H3/t10-,11-,12-,13-,14-,15+/m1/s1. The Kier molecular flexibility index (Phi) is 3.91. The zero-order valence-corrected chi connectivity index (χ0v) is 13.3. The van der Waals surface area contributed by atoms with Crippen LogP contribution in [0, 0.1) is 0 Å². The van der Waals surface area contributed by atoms with E-state index in [0.29, 0.717) is 0 Å². The Morgan fingerprint density at radius 1 is 1.09 bits per heavy atom. The van der Waals surface area contributed by atoms with Gasteiger partial charge in [-0.25, -0.2) is 8.42 Å². The molecule has 8 heteroatoms. The van der Waals surface area contributed by atoms with E-state index in [4.69, 9.17) is 23.7 Å². The second-order valence-corrected chi connectivity index (χ2v) is 7.84. The lowest BCUT2D eigenvalue weighted by Gasteiger charge is -2.39. The molecule has 3 aliphatic rings. The highest BCUT2D eigenvalue weighted by molar-refractivity contribution is 7.91. The van der Waals surface area contributed by atoms with Gasteiger partial charge in [0.2, 0.25) is 0 Å². The summed E-state index contributed by atoms with van der Waals surface area (Å²) in [6.45, 7) is 0.256. The van der Waals surface area contributed by atoms with Gasteiger partial charge in [0.15, 0.2) is 22.4 Å². The van der Waals surface area contributed by atoms with Crippen LogP contribution >= 0.6 is 0 Å². The van der Waals surface area contributed by atoms with Crippen molar-refractivity contribution in [3.8, 4) is 0 Å². The fraction of sp³-hybridized carbons (Fsp3) is 0.600. The minimum atomic E-state index is -3.47. The number of ether oxygens (including phenoxy) is 5. The molecule has 3 aliphatic heterocycles. The van der Waals surface area contributed by atoms with Crippen molar-refractivity contribution < 1.29 is 32.1 Å². The molecule has 3 heterocycles. The first-order chi connectivity index (χ1) is 11.1. The summed E-state index contributed by atoms with van der Waals surface area (Å²) >= 11 is 0. The molecular formula is C15H18O7S. The second-order valence-electron chi connectivity index (χ2n) is 5.80. The van der Waals surface area contributed by atoms with Crippen molar-refractivity contribution in [3.63, 3.8) is 0 Å². The summed E-state index contributed by atoms with van der Waals surface area (Å²) in [5.74, 6) is -0.231. The molecule has 3 saturated heterocycles. The topological polar surface area (TPSA) is 83.6 Å². The zero-order valence-electron chi connectivity index (χ0n) is 12.5. The molecule has 3 fully saturated rings. The fourth-order valence-corrected chi connectivity index (χ4v) is 4.35.